The van der Waals surface area contributed by atoms with Crippen molar-refractivity contribution in [3.8, 4) is 0 Å². The van der Waals surface area contributed by atoms with Crippen LogP contribution in [0, 0.1) is 5.92 Å². The summed E-state index contributed by atoms with van der Waals surface area (Å²) in [6.45, 7) is 5.22. The van der Waals surface area contributed by atoms with E-state index >= 15 is 0 Å². The molecule has 0 aromatic rings. The van der Waals surface area contributed by atoms with Crippen LogP contribution in [-0.4, -0.2) is 7.97 Å². The number of hydrogen-bond acceptors (Lipinski definition) is 1. The molecule has 0 spiro atoms. The van der Waals surface area contributed by atoms with E-state index in [4.69, 9.17) is 5.73 Å². The number of alkyl halides is 2. The molecule has 0 amide bonds. The van der Waals surface area contributed by atoms with Gasteiger partial charge in [-0.1, -0.05) is 52.1 Å². The Labute approximate surface area is 84.4 Å². The number of rotatable bonds is 3. The van der Waals surface area contributed by atoms with Crippen LogP contribution in [0.1, 0.15) is 20.3 Å². The molecular formula is C6H13I2N. The molecule has 0 fully saturated rings. The van der Waals surface area contributed by atoms with E-state index in [1.165, 1.54) is 6.42 Å². The summed E-state index contributed by atoms with van der Waals surface area (Å²) in [6.07, 6.45) is 1.20. The normalized spacial score (nSPS) is 15.7. The van der Waals surface area contributed by atoms with Crippen LogP contribution < -0.4 is 5.73 Å². The van der Waals surface area contributed by atoms with Gasteiger partial charge in [0.2, 0.25) is 0 Å². The van der Waals surface area contributed by atoms with Crippen LogP contribution >= 0.6 is 45.2 Å². The van der Waals surface area contributed by atoms with Gasteiger partial charge in [-0.05, 0) is 25.8 Å². The lowest BCUT2D eigenvalue weighted by molar-refractivity contribution is 0.544. The summed E-state index contributed by atoms with van der Waals surface area (Å²) in [5, 5.41) is 0. The van der Waals surface area contributed by atoms with Gasteiger partial charge >= 0.3 is 0 Å². The van der Waals surface area contributed by atoms with E-state index in [0.717, 1.165) is 6.54 Å². The average Bonchev–Trinajstić information content (AvgIpc) is 1.62. The van der Waals surface area contributed by atoms with Crippen LogP contribution in [0.15, 0.2) is 0 Å². The van der Waals surface area contributed by atoms with Crippen LogP contribution in [0.2, 0.25) is 0 Å². The summed E-state index contributed by atoms with van der Waals surface area (Å²) in [5.41, 5.74) is 5.47. The standard InChI is InChI=1S/C6H13I2N/c1-5(4-9)3-6(2,7)8/h5H,3-4,9H2,1-2H3/t5-/m0/s1. The van der Waals surface area contributed by atoms with Crippen molar-refractivity contribution in [2.45, 2.75) is 21.7 Å². The lowest BCUT2D eigenvalue weighted by atomic mass is 10.1. The molecular weight excluding hydrogens is 340 g/mol. The van der Waals surface area contributed by atoms with Crippen LogP contribution in [0.25, 0.3) is 0 Å². The highest BCUT2D eigenvalue weighted by Gasteiger charge is 2.17. The van der Waals surface area contributed by atoms with Crippen LogP contribution in [0.3, 0.4) is 0 Å². The molecule has 0 aliphatic heterocycles. The molecule has 0 aromatic carbocycles. The van der Waals surface area contributed by atoms with Crippen molar-refractivity contribution in [1.29, 1.82) is 0 Å². The van der Waals surface area contributed by atoms with Crippen LogP contribution in [-0.2, 0) is 0 Å². The number of hydrogen-bond donors (Lipinski definition) is 1. The van der Waals surface area contributed by atoms with Gasteiger partial charge < -0.3 is 5.73 Å². The van der Waals surface area contributed by atoms with E-state index in [9.17, 15) is 0 Å². The summed E-state index contributed by atoms with van der Waals surface area (Å²) < 4.78 is 0.383. The molecule has 2 N–H and O–H groups in total. The van der Waals surface area contributed by atoms with Gasteiger partial charge in [0, 0.05) is 0 Å². The summed E-state index contributed by atoms with van der Waals surface area (Å²) in [5.74, 6) is 0.656. The molecule has 3 heteroatoms. The molecule has 0 aromatic heterocycles. The zero-order valence-corrected chi connectivity index (χ0v) is 10.1. The second-order valence-corrected chi connectivity index (χ2v) is 9.44. The summed E-state index contributed by atoms with van der Waals surface area (Å²) in [7, 11) is 0. The first kappa shape index (κ1) is 10.4. The maximum absolute atomic E-state index is 5.47. The minimum atomic E-state index is 0.383. The van der Waals surface area contributed by atoms with Gasteiger partial charge in [0.15, 0.2) is 0 Å². The first-order valence-corrected chi connectivity index (χ1v) is 5.19. The van der Waals surface area contributed by atoms with Gasteiger partial charge in [0.25, 0.3) is 0 Å². The number of nitrogens with two attached hydrogens (primary N) is 1. The number of halogens is 2. The van der Waals surface area contributed by atoms with Gasteiger partial charge in [-0.2, -0.15) is 0 Å². The highest BCUT2D eigenvalue weighted by molar-refractivity contribution is 14.2. The lowest BCUT2D eigenvalue weighted by Gasteiger charge is -2.17. The predicted octanol–water partition coefficient (Wildman–Crippen LogP) is 2.56. The van der Waals surface area contributed by atoms with Crippen LogP contribution in [0.5, 0.6) is 0 Å². The van der Waals surface area contributed by atoms with Gasteiger partial charge in [-0.3, -0.25) is 0 Å². The molecule has 9 heavy (non-hydrogen) atoms. The molecule has 0 aliphatic rings. The van der Waals surface area contributed by atoms with Crippen LogP contribution in [0.4, 0.5) is 0 Å². The Kier molecular flexibility index (Phi) is 5.01. The summed E-state index contributed by atoms with van der Waals surface area (Å²) in [4.78, 5) is 0. The summed E-state index contributed by atoms with van der Waals surface area (Å²) >= 11 is 4.89. The highest BCUT2D eigenvalue weighted by Crippen LogP contribution is 2.33. The minimum Gasteiger partial charge on any atom is -0.330 e. The second kappa shape index (κ2) is 4.33. The topological polar surface area (TPSA) is 26.0 Å². The van der Waals surface area contributed by atoms with Gasteiger partial charge in [-0.15, -0.1) is 0 Å². The predicted molar refractivity (Wildman–Crippen MR) is 59.3 cm³/mol. The van der Waals surface area contributed by atoms with Gasteiger partial charge in [0.05, 0.1) is 1.43 Å². The van der Waals surface area contributed by atoms with Crippen molar-refractivity contribution < 1.29 is 0 Å². The van der Waals surface area contributed by atoms with Crippen molar-refractivity contribution in [3.63, 3.8) is 0 Å². The monoisotopic (exact) mass is 353 g/mol. The molecule has 1 atom stereocenters. The van der Waals surface area contributed by atoms with Crippen molar-refractivity contribution in [1.82, 2.24) is 0 Å². The fourth-order valence-electron chi connectivity index (χ4n) is 0.695. The first-order valence-electron chi connectivity index (χ1n) is 3.03. The van der Waals surface area contributed by atoms with Gasteiger partial charge in [0.1, 0.15) is 0 Å². The average molecular weight is 353 g/mol. The van der Waals surface area contributed by atoms with E-state index in [2.05, 4.69) is 59.0 Å². The molecule has 56 valence electrons. The summed E-state index contributed by atoms with van der Waals surface area (Å²) in [6, 6.07) is 0. The molecule has 0 saturated carbocycles. The highest BCUT2D eigenvalue weighted by atomic mass is 127. The Balaban J connectivity index is 3.47. The SMILES string of the molecule is C[C@H](CN)CC(C)(I)I. The molecule has 0 rings (SSSR count). The molecule has 0 saturated heterocycles. The van der Waals surface area contributed by atoms with E-state index < -0.39 is 0 Å². The molecule has 0 radical (unpaired) electrons. The fraction of sp³-hybridized carbons (Fsp3) is 1.00. The Hall–Kier alpha value is 1.42. The minimum absolute atomic E-state index is 0.383. The Morgan fingerprint density at radius 3 is 2.11 bits per heavy atom. The maximum Gasteiger partial charge on any atom is 0.0709 e. The second-order valence-electron chi connectivity index (χ2n) is 2.62. The van der Waals surface area contributed by atoms with E-state index in [0.29, 0.717) is 7.35 Å². The molecule has 0 aliphatic carbocycles. The van der Waals surface area contributed by atoms with Crippen molar-refractivity contribution in [3.05, 3.63) is 0 Å². The van der Waals surface area contributed by atoms with E-state index in [-0.39, 0.29) is 0 Å². The van der Waals surface area contributed by atoms with Crippen molar-refractivity contribution in [2.75, 3.05) is 6.54 Å². The first-order chi connectivity index (χ1) is 3.95. The van der Waals surface area contributed by atoms with E-state index in [1.807, 2.05) is 0 Å². The zero-order valence-electron chi connectivity index (χ0n) is 5.82. The molecule has 0 unspecified atom stereocenters. The lowest BCUT2D eigenvalue weighted by Crippen LogP contribution is -2.17. The molecule has 1 nitrogen and oxygen atoms in total. The smallest absolute Gasteiger partial charge is 0.0709 e. The third-order valence-corrected chi connectivity index (χ3v) is 1.99. The molecule has 0 bridgehead atoms. The van der Waals surface area contributed by atoms with Crippen molar-refractivity contribution >= 4 is 45.2 Å². The van der Waals surface area contributed by atoms with E-state index in [1.54, 1.807) is 0 Å². The third kappa shape index (κ3) is 7.32. The zero-order chi connectivity index (χ0) is 7.49. The quantitative estimate of drug-likeness (QED) is 0.613. The largest absolute Gasteiger partial charge is 0.330 e. The Morgan fingerprint density at radius 2 is 2.00 bits per heavy atom. The van der Waals surface area contributed by atoms with Gasteiger partial charge in [-0.25, -0.2) is 0 Å². The Bertz CT molecular complexity index is 77.6. The molecule has 0 heterocycles. The fourth-order valence-corrected chi connectivity index (χ4v) is 2.20. The third-order valence-electron chi connectivity index (χ3n) is 1.11. The van der Waals surface area contributed by atoms with Crippen molar-refractivity contribution in [2.24, 2.45) is 11.7 Å². The maximum atomic E-state index is 5.47. The Morgan fingerprint density at radius 1 is 1.56 bits per heavy atom.